The molecule has 1 aliphatic rings. The minimum atomic E-state index is 0.0275. The summed E-state index contributed by atoms with van der Waals surface area (Å²) in [4.78, 5) is 22.6. The van der Waals surface area contributed by atoms with Crippen LogP contribution in [0.5, 0.6) is 0 Å². The molecule has 1 amide bonds. The molecular formula is C22H21Cl2N5O3. The molecule has 1 aromatic carbocycles. The molecule has 0 saturated carbocycles. The van der Waals surface area contributed by atoms with E-state index >= 15 is 0 Å². The number of anilines is 1. The van der Waals surface area contributed by atoms with E-state index in [9.17, 15) is 10.1 Å². The van der Waals surface area contributed by atoms with Gasteiger partial charge in [0.25, 0.3) is 5.89 Å². The van der Waals surface area contributed by atoms with Gasteiger partial charge in [-0.2, -0.15) is 10.2 Å². The first kappa shape index (κ1) is 22.2. The second kappa shape index (κ2) is 9.65. The molecule has 0 N–H and O–H groups in total. The number of carbonyl (C=O) groups excluding carboxylic acids is 1. The van der Waals surface area contributed by atoms with Crippen molar-refractivity contribution in [2.24, 2.45) is 0 Å². The number of rotatable bonds is 6. The second-order valence-electron chi connectivity index (χ2n) is 7.51. The molecule has 8 nitrogen and oxygen atoms in total. The highest BCUT2D eigenvalue weighted by atomic mass is 35.5. The summed E-state index contributed by atoms with van der Waals surface area (Å²) in [6, 6.07) is 11.0. The molecule has 166 valence electrons. The number of piperazine rings is 1. The van der Waals surface area contributed by atoms with Crippen LogP contribution in [0.4, 0.5) is 5.88 Å². The number of hydrogen-bond donors (Lipinski definition) is 0. The van der Waals surface area contributed by atoms with Crippen molar-refractivity contribution in [1.29, 1.82) is 5.26 Å². The molecule has 0 atom stereocenters. The number of halogens is 2. The zero-order valence-corrected chi connectivity index (χ0v) is 18.9. The lowest BCUT2D eigenvalue weighted by molar-refractivity contribution is -0.132. The third-order valence-corrected chi connectivity index (χ3v) is 6.10. The van der Waals surface area contributed by atoms with E-state index in [-0.39, 0.29) is 24.0 Å². The second-order valence-corrected chi connectivity index (χ2v) is 8.30. The normalized spacial score (nSPS) is 14.1. The average molecular weight is 474 g/mol. The molecule has 0 unspecified atom stereocenters. The molecular weight excluding hydrogens is 453 g/mol. The molecule has 2 aromatic heterocycles. The van der Waals surface area contributed by atoms with E-state index in [0.717, 1.165) is 5.56 Å². The maximum atomic E-state index is 12.8. The molecule has 1 fully saturated rings. The zero-order valence-electron chi connectivity index (χ0n) is 17.4. The SMILES string of the molecule is CN(CC(=O)N1CCN(c2oc(-c3ccco3)nc2C#N)CC1)Cc1cccc(Cl)c1Cl. The van der Waals surface area contributed by atoms with Gasteiger partial charge in [-0.15, -0.1) is 0 Å². The van der Waals surface area contributed by atoms with Crippen LogP contribution in [-0.2, 0) is 11.3 Å². The molecule has 3 aromatic rings. The van der Waals surface area contributed by atoms with Crippen molar-refractivity contribution in [2.75, 3.05) is 44.7 Å². The summed E-state index contributed by atoms with van der Waals surface area (Å²) in [5.74, 6) is 1.16. The molecule has 4 rings (SSSR count). The van der Waals surface area contributed by atoms with Gasteiger partial charge in [0.15, 0.2) is 5.76 Å². The Bertz CT molecular complexity index is 1130. The lowest BCUT2D eigenvalue weighted by Gasteiger charge is -2.35. The Balaban J connectivity index is 1.34. The fraction of sp³-hybridized carbons (Fsp3) is 0.318. The van der Waals surface area contributed by atoms with Crippen molar-refractivity contribution < 1.29 is 13.6 Å². The molecule has 3 heterocycles. The molecule has 1 aliphatic heterocycles. The molecule has 32 heavy (non-hydrogen) atoms. The molecule has 0 aliphatic carbocycles. The summed E-state index contributed by atoms with van der Waals surface area (Å²) < 4.78 is 11.1. The Morgan fingerprint density at radius 1 is 1.22 bits per heavy atom. The molecule has 0 spiro atoms. The summed E-state index contributed by atoms with van der Waals surface area (Å²) in [5.41, 5.74) is 1.08. The van der Waals surface area contributed by atoms with Gasteiger partial charge in [0.2, 0.25) is 17.5 Å². The number of carbonyl (C=O) groups is 1. The van der Waals surface area contributed by atoms with Gasteiger partial charge < -0.3 is 18.6 Å². The maximum absolute atomic E-state index is 12.8. The third kappa shape index (κ3) is 4.75. The quantitative estimate of drug-likeness (QED) is 0.536. The lowest BCUT2D eigenvalue weighted by atomic mass is 10.2. The highest BCUT2D eigenvalue weighted by molar-refractivity contribution is 6.42. The van der Waals surface area contributed by atoms with Gasteiger partial charge in [0.05, 0.1) is 22.9 Å². The average Bonchev–Trinajstić information content (AvgIpc) is 3.47. The third-order valence-electron chi connectivity index (χ3n) is 5.24. The summed E-state index contributed by atoms with van der Waals surface area (Å²) in [5, 5.41) is 10.4. The van der Waals surface area contributed by atoms with Gasteiger partial charge in [-0.25, -0.2) is 0 Å². The number of nitriles is 1. The first-order chi connectivity index (χ1) is 15.5. The Morgan fingerprint density at radius 3 is 2.69 bits per heavy atom. The first-order valence-electron chi connectivity index (χ1n) is 10.0. The van der Waals surface area contributed by atoms with Crippen LogP contribution in [0.2, 0.25) is 10.0 Å². The van der Waals surface area contributed by atoms with Gasteiger partial charge in [0.1, 0.15) is 6.07 Å². The van der Waals surface area contributed by atoms with Gasteiger partial charge in [0, 0.05) is 32.7 Å². The Morgan fingerprint density at radius 2 is 2.00 bits per heavy atom. The van der Waals surface area contributed by atoms with Crippen LogP contribution < -0.4 is 4.90 Å². The summed E-state index contributed by atoms with van der Waals surface area (Å²) in [6.45, 7) is 2.90. The van der Waals surface area contributed by atoms with Gasteiger partial charge in [-0.05, 0) is 30.8 Å². The largest absolute Gasteiger partial charge is 0.459 e. The molecule has 0 bridgehead atoms. The van der Waals surface area contributed by atoms with Gasteiger partial charge in [-0.3, -0.25) is 9.69 Å². The van der Waals surface area contributed by atoms with Crippen molar-refractivity contribution in [3.05, 3.63) is 57.9 Å². The minimum absolute atomic E-state index is 0.0275. The number of oxazole rings is 1. The number of hydrogen-bond acceptors (Lipinski definition) is 7. The summed E-state index contributed by atoms with van der Waals surface area (Å²) >= 11 is 12.3. The number of nitrogens with zero attached hydrogens (tertiary/aromatic N) is 5. The van der Waals surface area contributed by atoms with Crippen LogP contribution in [0.25, 0.3) is 11.7 Å². The highest BCUT2D eigenvalue weighted by Gasteiger charge is 2.27. The van der Waals surface area contributed by atoms with Crippen molar-refractivity contribution in [2.45, 2.75) is 6.54 Å². The van der Waals surface area contributed by atoms with Crippen molar-refractivity contribution in [1.82, 2.24) is 14.8 Å². The number of aromatic nitrogens is 1. The topological polar surface area (TPSA) is 89.8 Å². The van der Waals surface area contributed by atoms with Crippen LogP contribution in [0.15, 0.2) is 45.4 Å². The van der Waals surface area contributed by atoms with Crippen molar-refractivity contribution >= 4 is 35.0 Å². The first-order valence-corrected chi connectivity index (χ1v) is 10.8. The van der Waals surface area contributed by atoms with Crippen molar-refractivity contribution in [3.63, 3.8) is 0 Å². The Hall–Kier alpha value is -2.99. The number of likely N-dealkylation sites (N-methyl/N-ethyl adjacent to an activating group) is 1. The molecule has 10 heteroatoms. The lowest BCUT2D eigenvalue weighted by Crippen LogP contribution is -2.51. The standard InChI is InChI=1S/C22H21Cl2N5O3/c1-27(13-15-4-2-5-16(23)20(15)24)14-19(30)28-7-9-29(10-8-28)22-17(12-25)26-21(32-22)18-6-3-11-31-18/h2-6,11H,7-10,13-14H2,1H3. The number of furan rings is 1. The predicted molar refractivity (Wildman–Crippen MR) is 121 cm³/mol. The molecule has 0 radical (unpaired) electrons. The smallest absolute Gasteiger partial charge is 0.266 e. The van der Waals surface area contributed by atoms with E-state index < -0.39 is 0 Å². The fourth-order valence-electron chi connectivity index (χ4n) is 3.61. The Labute approximate surface area is 195 Å². The van der Waals surface area contributed by atoms with E-state index in [2.05, 4.69) is 11.1 Å². The predicted octanol–water partition coefficient (Wildman–Crippen LogP) is 3.89. The van der Waals surface area contributed by atoms with Gasteiger partial charge in [-0.1, -0.05) is 35.3 Å². The summed E-state index contributed by atoms with van der Waals surface area (Å²) in [6.07, 6.45) is 1.52. The van der Waals surface area contributed by atoms with E-state index in [1.54, 1.807) is 18.2 Å². The minimum Gasteiger partial charge on any atom is -0.459 e. The number of benzene rings is 1. The fourth-order valence-corrected chi connectivity index (χ4v) is 3.99. The van der Waals surface area contributed by atoms with Gasteiger partial charge >= 0.3 is 0 Å². The molecule has 1 saturated heterocycles. The number of amides is 1. The van der Waals surface area contributed by atoms with Crippen LogP contribution in [0.3, 0.4) is 0 Å². The van der Waals surface area contributed by atoms with E-state index in [4.69, 9.17) is 32.0 Å². The van der Waals surface area contributed by atoms with Crippen LogP contribution in [0.1, 0.15) is 11.3 Å². The zero-order chi connectivity index (χ0) is 22.7. The summed E-state index contributed by atoms with van der Waals surface area (Å²) in [7, 11) is 1.87. The maximum Gasteiger partial charge on any atom is 0.266 e. The van der Waals surface area contributed by atoms with Crippen LogP contribution in [-0.4, -0.2) is 60.5 Å². The van der Waals surface area contributed by atoms with Crippen molar-refractivity contribution in [3.8, 4) is 17.7 Å². The van der Waals surface area contributed by atoms with E-state index in [1.807, 2.05) is 33.9 Å². The Kier molecular flexibility index (Phi) is 6.70. The van der Waals surface area contributed by atoms with Crippen LogP contribution in [0, 0.1) is 11.3 Å². The van der Waals surface area contributed by atoms with E-state index in [0.29, 0.717) is 54.4 Å². The van der Waals surface area contributed by atoms with Crippen LogP contribution >= 0.6 is 23.2 Å². The highest BCUT2D eigenvalue weighted by Crippen LogP contribution is 2.29. The monoisotopic (exact) mass is 473 g/mol. The van der Waals surface area contributed by atoms with E-state index in [1.165, 1.54) is 6.26 Å².